The summed E-state index contributed by atoms with van der Waals surface area (Å²) in [6.07, 6.45) is 8.89. The summed E-state index contributed by atoms with van der Waals surface area (Å²) in [7, 11) is 0. The van der Waals surface area contributed by atoms with Crippen molar-refractivity contribution in [2.45, 2.75) is 50.2 Å². The minimum atomic E-state index is -0.855. The molecule has 1 aromatic rings. The maximum absolute atomic E-state index is 13.1. The zero-order valence-electron chi connectivity index (χ0n) is 16.1. The SMILES string of the molecule is O=C(C1CCCN(C2CCOCC2)C1)N1CCC(O)(c2cccnc2)CC1. The molecule has 3 saturated heterocycles. The summed E-state index contributed by atoms with van der Waals surface area (Å²) in [5.41, 5.74) is 0.00612. The van der Waals surface area contributed by atoms with Crippen LogP contribution < -0.4 is 0 Å². The van der Waals surface area contributed by atoms with E-state index in [4.69, 9.17) is 4.74 Å². The monoisotopic (exact) mass is 373 g/mol. The van der Waals surface area contributed by atoms with Gasteiger partial charge in [0, 0.05) is 56.8 Å². The van der Waals surface area contributed by atoms with Gasteiger partial charge in [0.2, 0.25) is 5.91 Å². The molecule has 0 bridgehead atoms. The molecule has 1 unspecified atom stereocenters. The van der Waals surface area contributed by atoms with Crippen LogP contribution in [0.4, 0.5) is 0 Å². The molecule has 6 nitrogen and oxygen atoms in total. The Labute approximate surface area is 161 Å². The Morgan fingerprint density at radius 2 is 1.96 bits per heavy atom. The average molecular weight is 373 g/mol. The van der Waals surface area contributed by atoms with E-state index < -0.39 is 5.60 Å². The van der Waals surface area contributed by atoms with Crippen LogP contribution in [0.3, 0.4) is 0 Å². The third kappa shape index (κ3) is 4.18. The molecule has 1 aromatic heterocycles. The van der Waals surface area contributed by atoms with E-state index in [1.54, 1.807) is 12.4 Å². The van der Waals surface area contributed by atoms with E-state index >= 15 is 0 Å². The Kier molecular flexibility index (Phi) is 5.76. The second kappa shape index (κ2) is 8.25. The molecule has 4 heterocycles. The largest absolute Gasteiger partial charge is 0.385 e. The molecule has 0 radical (unpaired) electrons. The third-order valence-corrected chi connectivity index (χ3v) is 6.61. The Hall–Kier alpha value is -1.50. The molecule has 1 amide bonds. The summed E-state index contributed by atoms with van der Waals surface area (Å²) in [5, 5.41) is 11.0. The highest BCUT2D eigenvalue weighted by Gasteiger charge is 2.38. The van der Waals surface area contributed by atoms with Gasteiger partial charge in [-0.3, -0.25) is 14.7 Å². The maximum atomic E-state index is 13.1. The molecular formula is C21H31N3O3. The lowest BCUT2D eigenvalue weighted by molar-refractivity contribution is -0.142. The fraction of sp³-hybridized carbons (Fsp3) is 0.714. The summed E-state index contributed by atoms with van der Waals surface area (Å²) >= 11 is 0. The molecule has 0 spiro atoms. The number of aromatic nitrogens is 1. The lowest BCUT2D eigenvalue weighted by atomic mass is 9.84. The van der Waals surface area contributed by atoms with E-state index in [0.717, 1.165) is 57.6 Å². The molecule has 3 aliphatic heterocycles. The highest BCUT2D eigenvalue weighted by Crippen LogP contribution is 2.33. The lowest BCUT2D eigenvalue weighted by Crippen LogP contribution is -2.52. The fourth-order valence-corrected chi connectivity index (χ4v) is 4.87. The van der Waals surface area contributed by atoms with Crippen LogP contribution in [0.5, 0.6) is 0 Å². The van der Waals surface area contributed by atoms with Gasteiger partial charge in [0.05, 0.1) is 11.5 Å². The minimum Gasteiger partial charge on any atom is -0.385 e. The zero-order valence-corrected chi connectivity index (χ0v) is 16.1. The summed E-state index contributed by atoms with van der Waals surface area (Å²) in [6, 6.07) is 4.36. The molecule has 0 saturated carbocycles. The van der Waals surface area contributed by atoms with Gasteiger partial charge in [-0.2, -0.15) is 0 Å². The standard InChI is InChI=1S/C21H31N3O3/c25-20(17-3-2-10-24(16-17)19-5-13-27-14-6-19)23-11-7-21(26,8-12-23)18-4-1-9-22-15-18/h1,4,9,15,17,19,26H,2-3,5-8,10-14,16H2. The summed E-state index contributed by atoms with van der Waals surface area (Å²) < 4.78 is 5.49. The van der Waals surface area contributed by atoms with Crippen molar-refractivity contribution in [1.82, 2.24) is 14.8 Å². The van der Waals surface area contributed by atoms with Crippen LogP contribution in [0, 0.1) is 5.92 Å². The number of rotatable bonds is 3. The first-order valence-corrected chi connectivity index (χ1v) is 10.4. The van der Waals surface area contributed by atoms with Crippen LogP contribution in [0.2, 0.25) is 0 Å². The van der Waals surface area contributed by atoms with Crippen molar-refractivity contribution in [1.29, 1.82) is 0 Å². The molecule has 6 heteroatoms. The Balaban J connectivity index is 1.33. The maximum Gasteiger partial charge on any atom is 0.226 e. The molecule has 3 aliphatic rings. The third-order valence-electron chi connectivity index (χ3n) is 6.61. The van der Waals surface area contributed by atoms with Crippen LogP contribution >= 0.6 is 0 Å². The second-order valence-corrected chi connectivity index (χ2v) is 8.28. The number of likely N-dealkylation sites (tertiary alicyclic amines) is 2. The summed E-state index contributed by atoms with van der Waals surface area (Å²) in [6.45, 7) is 4.93. The van der Waals surface area contributed by atoms with Crippen molar-refractivity contribution in [3.05, 3.63) is 30.1 Å². The van der Waals surface area contributed by atoms with Gasteiger partial charge in [-0.05, 0) is 51.1 Å². The van der Waals surface area contributed by atoms with Gasteiger partial charge < -0.3 is 14.7 Å². The topological polar surface area (TPSA) is 65.9 Å². The van der Waals surface area contributed by atoms with Crippen molar-refractivity contribution in [3.8, 4) is 0 Å². The molecule has 1 N–H and O–H groups in total. The Morgan fingerprint density at radius 3 is 2.67 bits per heavy atom. The van der Waals surface area contributed by atoms with Crippen LogP contribution in [-0.2, 0) is 15.1 Å². The van der Waals surface area contributed by atoms with E-state index in [2.05, 4.69) is 9.88 Å². The highest BCUT2D eigenvalue weighted by molar-refractivity contribution is 5.79. The van der Waals surface area contributed by atoms with Crippen molar-refractivity contribution < 1.29 is 14.6 Å². The van der Waals surface area contributed by atoms with Crippen LogP contribution in [-0.4, -0.2) is 71.2 Å². The number of carbonyl (C=O) groups excluding carboxylic acids is 1. The van der Waals surface area contributed by atoms with E-state index in [1.165, 1.54) is 0 Å². The van der Waals surface area contributed by atoms with Gasteiger partial charge in [0.1, 0.15) is 0 Å². The number of nitrogens with zero attached hydrogens (tertiary/aromatic N) is 3. The average Bonchev–Trinajstić information content (AvgIpc) is 2.75. The number of aliphatic hydroxyl groups is 1. The molecule has 0 aliphatic carbocycles. The Bertz CT molecular complexity index is 625. The quantitative estimate of drug-likeness (QED) is 0.875. The van der Waals surface area contributed by atoms with Gasteiger partial charge in [0.25, 0.3) is 0 Å². The van der Waals surface area contributed by atoms with E-state index in [9.17, 15) is 9.90 Å². The first kappa shape index (κ1) is 18.8. The van der Waals surface area contributed by atoms with Gasteiger partial charge in [-0.25, -0.2) is 0 Å². The number of carbonyl (C=O) groups is 1. The fourth-order valence-electron chi connectivity index (χ4n) is 4.87. The highest BCUT2D eigenvalue weighted by atomic mass is 16.5. The normalized spacial score (nSPS) is 27.4. The molecule has 0 aromatic carbocycles. The van der Waals surface area contributed by atoms with Crippen molar-refractivity contribution in [2.75, 3.05) is 39.4 Å². The van der Waals surface area contributed by atoms with Crippen LogP contribution in [0.15, 0.2) is 24.5 Å². The Morgan fingerprint density at radius 1 is 1.19 bits per heavy atom. The molecule has 1 atom stereocenters. The van der Waals surface area contributed by atoms with Crippen LogP contribution in [0.25, 0.3) is 0 Å². The number of hydrogen-bond acceptors (Lipinski definition) is 5. The first-order chi connectivity index (χ1) is 13.2. The summed E-state index contributed by atoms with van der Waals surface area (Å²) in [5.74, 6) is 0.381. The van der Waals surface area contributed by atoms with E-state index in [1.807, 2.05) is 17.0 Å². The predicted octanol–water partition coefficient (Wildman–Crippen LogP) is 1.78. The van der Waals surface area contributed by atoms with Crippen molar-refractivity contribution in [2.24, 2.45) is 5.92 Å². The smallest absolute Gasteiger partial charge is 0.226 e. The number of ether oxygens (including phenoxy) is 1. The first-order valence-electron chi connectivity index (χ1n) is 10.4. The molecule has 4 rings (SSSR count). The molecule has 148 valence electrons. The van der Waals surface area contributed by atoms with E-state index in [-0.39, 0.29) is 11.8 Å². The van der Waals surface area contributed by atoms with Gasteiger partial charge in [-0.1, -0.05) is 6.07 Å². The molecule has 27 heavy (non-hydrogen) atoms. The molecular weight excluding hydrogens is 342 g/mol. The number of pyridine rings is 1. The second-order valence-electron chi connectivity index (χ2n) is 8.28. The predicted molar refractivity (Wildman–Crippen MR) is 102 cm³/mol. The number of piperidine rings is 2. The zero-order chi connectivity index (χ0) is 18.7. The van der Waals surface area contributed by atoms with Crippen molar-refractivity contribution >= 4 is 5.91 Å². The van der Waals surface area contributed by atoms with Gasteiger partial charge >= 0.3 is 0 Å². The summed E-state index contributed by atoms with van der Waals surface area (Å²) in [4.78, 5) is 21.7. The van der Waals surface area contributed by atoms with Crippen molar-refractivity contribution in [3.63, 3.8) is 0 Å². The minimum absolute atomic E-state index is 0.103. The lowest BCUT2D eigenvalue weighted by Gasteiger charge is -2.43. The van der Waals surface area contributed by atoms with Gasteiger partial charge in [-0.15, -0.1) is 0 Å². The number of amides is 1. The molecule has 3 fully saturated rings. The van der Waals surface area contributed by atoms with Crippen LogP contribution in [0.1, 0.15) is 44.1 Å². The van der Waals surface area contributed by atoms with E-state index in [0.29, 0.717) is 32.0 Å². The number of hydrogen-bond donors (Lipinski definition) is 1. The van der Waals surface area contributed by atoms with Gasteiger partial charge in [0.15, 0.2) is 0 Å².